The Morgan fingerprint density at radius 2 is 2.25 bits per heavy atom. The van der Waals surface area contributed by atoms with Crippen molar-refractivity contribution in [3.05, 3.63) is 29.6 Å². The Morgan fingerprint density at radius 1 is 1.50 bits per heavy atom. The topological polar surface area (TPSA) is 9.23 Å². The SMILES string of the molecule is COc1ccc(C2(C)CCC(Cl)C2)cc1F. The Morgan fingerprint density at radius 3 is 2.75 bits per heavy atom. The Hall–Kier alpha value is -0.760. The lowest BCUT2D eigenvalue weighted by Crippen LogP contribution is -2.18. The van der Waals surface area contributed by atoms with E-state index in [1.54, 1.807) is 12.1 Å². The largest absolute Gasteiger partial charge is 0.494 e. The van der Waals surface area contributed by atoms with Crippen molar-refractivity contribution in [2.75, 3.05) is 7.11 Å². The molecule has 0 aromatic heterocycles. The molecule has 1 aromatic rings. The first-order chi connectivity index (χ1) is 7.55. The van der Waals surface area contributed by atoms with E-state index < -0.39 is 0 Å². The predicted octanol–water partition coefficient (Wildman–Crippen LogP) is 3.88. The summed E-state index contributed by atoms with van der Waals surface area (Å²) in [5.74, 6) is 0.00650. The molecule has 1 aromatic carbocycles. The second kappa shape index (κ2) is 4.25. The van der Waals surface area contributed by atoms with E-state index in [1.807, 2.05) is 6.07 Å². The fourth-order valence-corrected chi connectivity index (χ4v) is 2.92. The number of hydrogen-bond donors (Lipinski definition) is 0. The second-order valence-electron chi connectivity index (χ2n) is 4.75. The molecule has 0 saturated heterocycles. The zero-order chi connectivity index (χ0) is 11.8. The number of methoxy groups -OCH3 is 1. The summed E-state index contributed by atoms with van der Waals surface area (Å²) in [5, 5.41) is 0.218. The lowest BCUT2D eigenvalue weighted by Gasteiger charge is -2.24. The molecular weight excluding hydrogens is 227 g/mol. The summed E-state index contributed by atoms with van der Waals surface area (Å²) in [4.78, 5) is 0. The van der Waals surface area contributed by atoms with Crippen molar-refractivity contribution in [2.45, 2.75) is 37.0 Å². The van der Waals surface area contributed by atoms with Gasteiger partial charge in [-0.3, -0.25) is 0 Å². The molecule has 1 nitrogen and oxygen atoms in total. The van der Waals surface area contributed by atoms with E-state index >= 15 is 0 Å². The van der Waals surface area contributed by atoms with Gasteiger partial charge in [0.2, 0.25) is 0 Å². The molecule has 1 aliphatic carbocycles. The van der Waals surface area contributed by atoms with Gasteiger partial charge >= 0.3 is 0 Å². The van der Waals surface area contributed by atoms with Crippen LogP contribution in [0.1, 0.15) is 31.7 Å². The van der Waals surface area contributed by atoms with Crippen LogP contribution in [0.5, 0.6) is 5.75 Å². The fourth-order valence-electron chi connectivity index (χ4n) is 2.47. The quantitative estimate of drug-likeness (QED) is 0.715. The van der Waals surface area contributed by atoms with Gasteiger partial charge in [-0.25, -0.2) is 4.39 Å². The zero-order valence-corrected chi connectivity index (χ0v) is 10.4. The summed E-state index contributed by atoms with van der Waals surface area (Å²) in [6.07, 6.45) is 2.94. The van der Waals surface area contributed by atoms with Gasteiger partial charge in [0.05, 0.1) is 7.11 Å². The molecule has 1 fully saturated rings. The highest BCUT2D eigenvalue weighted by atomic mass is 35.5. The first kappa shape index (κ1) is 11.7. The van der Waals surface area contributed by atoms with Crippen molar-refractivity contribution in [1.29, 1.82) is 0 Å². The van der Waals surface area contributed by atoms with Crippen molar-refractivity contribution in [1.82, 2.24) is 0 Å². The van der Waals surface area contributed by atoms with Gasteiger partial charge < -0.3 is 4.74 Å². The molecule has 2 rings (SSSR count). The van der Waals surface area contributed by atoms with Gasteiger partial charge in [0.25, 0.3) is 0 Å². The summed E-state index contributed by atoms with van der Waals surface area (Å²) >= 11 is 6.13. The van der Waals surface area contributed by atoms with Crippen LogP contribution in [0.3, 0.4) is 0 Å². The smallest absolute Gasteiger partial charge is 0.165 e. The molecule has 1 saturated carbocycles. The van der Waals surface area contributed by atoms with E-state index in [0.29, 0.717) is 5.75 Å². The van der Waals surface area contributed by atoms with Crippen LogP contribution in [0.2, 0.25) is 0 Å². The van der Waals surface area contributed by atoms with E-state index in [4.69, 9.17) is 16.3 Å². The summed E-state index contributed by atoms with van der Waals surface area (Å²) < 4.78 is 18.5. The Kier molecular flexibility index (Phi) is 3.11. The van der Waals surface area contributed by atoms with Gasteiger partial charge in [-0.15, -0.1) is 11.6 Å². The van der Waals surface area contributed by atoms with Crippen molar-refractivity contribution in [3.63, 3.8) is 0 Å². The van der Waals surface area contributed by atoms with Crippen LogP contribution in [0, 0.1) is 5.82 Å². The molecule has 0 bridgehead atoms. The van der Waals surface area contributed by atoms with E-state index in [1.165, 1.54) is 7.11 Å². The Labute approximate surface area is 101 Å². The van der Waals surface area contributed by atoms with E-state index in [2.05, 4.69) is 6.92 Å². The third-order valence-corrected chi connectivity index (χ3v) is 3.90. The van der Waals surface area contributed by atoms with Gasteiger partial charge in [0.1, 0.15) is 0 Å². The van der Waals surface area contributed by atoms with Crippen LogP contribution in [0.4, 0.5) is 4.39 Å². The van der Waals surface area contributed by atoms with E-state index in [9.17, 15) is 4.39 Å². The van der Waals surface area contributed by atoms with Gasteiger partial charge in [-0.1, -0.05) is 13.0 Å². The zero-order valence-electron chi connectivity index (χ0n) is 9.59. The summed E-state index contributed by atoms with van der Waals surface area (Å²) in [5.41, 5.74) is 1.04. The average Bonchev–Trinajstić information content (AvgIpc) is 2.60. The average molecular weight is 243 g/mol. The number of ether oxygens (including phenoxy) is 1. The van der Waals surface area contributed by atoms with Crippen molar-refractivity contribution < 1.29 is 9.13 Å². The number of rotatable bonds is 2. The predicted molar refractivity (Wildman–Crippen MR) is 63.8 cm³/mol. The molecule has 3 heteroatoms. The molecule has 0 spiro atoms. The minimum absolute atomic E-state index is 0.0134. The molecular formula is C13H16ClFO. The maximum absolute atomic E-state index is 13.6. The van der Waals surface area contributed by atoms with Crippen LogP contribution >= 0.6 is 11.6 Å². The Balaban J connectivity index is 2.31. The first-order valence-corrected chi connectivity index (χ1v) is 5.97. The van der Waals surface area contributed by atoms with Crippen LogP contribution in [-0.2, 0) is 5.41 Å². The minimum Gasteiger partial charge on any atom is -0.494 e. The third-order valence-electron chi connectivity index (χ3n) is 3.53. The van der Waals surface area contributed by atoms with Crippen LogP contribution < -0.4 is 4.74 Å². The number of alkyl halides is 1. The third kappa shape index (κ3) is 2.03. The van der Waals surface area contributed by atoms with Gasteiger partial charge in [0, 0.05) is 5.38 Å². The highest BCUT2D eigenvalue weighted by molar-refractivity contribution is 6.20. The summed E-state index contributed by atoms with van der Waals surface area (Å²) in [6, 6.07) is 5.21. The minimum atomic E-state index is -0.292. The molecule has 2 atom stereocenters. The molecule has 0 aliphatic heterocycles. The lowest BCUT2D eigenvalue weighted by atomic mass is 9.81. The fraction of sp³-hybridized carbons (Fsp3) is 0.538. The highest BCUT2D eigenvalue weighted by Crippen LogP contribution is 2.43. The molecule has 0 radical (unpaired) electrons. The van der Waals surface area contributed by atoms with Crippen molar-refractivity contribution >= 4 is 11.6 Å². The highest BCUT2D eigenvalue weighted by Gasteiger charge is 2.35. The van der Waals surface area contributed by atoms with Gasteiger partial charge in [-0.2, -0.15) is 0 Å². The lowest BCUT2D eigenvalue weighted by molar-refractivity contribution is 0.384. The summed E-state index contributed by atoms with van der Waals surface area (Å²) in [7, 11) is 1.48. The standard InChI is InChI=1S/C13H16ClFO/c1-13(6-5-10(14)8-13)9-3-4-12(16-2)11(15)7-9/h3-4,7,10H,5-6,8H2,1-2H3. The van der Waals surface area contributed by atoms with Crippen LogP contribution in [0.15, 0.2) is 18.2 Å². The Bertz CT molecular complexity index is 394. The number of hydrogen-bond acceptors (Lipinski definition) is 1. The van der Waals surface area contributed by atoms with Gasteiger partial charge in [0.15, 0.2) is 11.6 Å². The second-order valence-corrected chi connectivity index (χ2v) is 5.37. The molecule has 0 heterocycles. The number of halogens is 2. The van der Waals surface area contributed by atoms with Crippen molar-refractivity contribution in [3.8, 4) is 5.75 Å². The maximum atomic E-state index is 13.6. The molecule has 0 amide bonds. The molecule has 88 valence electrons. The van der Waals surface area contributed by atoms with Crippen molar-refractivity contribution in [2.24, 2.45) is 0 Å². The van der Waals surface area contributed by atoms with Crippen LogP contribution in [0.25, 0.3) is 0 Å². The van der Waals surface area contributed by atoms with E-state index in [0.717, 1.165) is 24.8 Å². The maximum Gasteiger partial charge on any atom is 0.165 e. The number of benzene rings is 1. The van der Waals surface area contributed by atoms with Crippen LogP contribution in [-0.4, -0.2) is 12.5 Å². The molecule has 1 aliphatic rings. The molecule has 0 N–H and O–H groups in total. The normalized spacial score (nSPS) is 29.4. The van der Waals surface area contributed by atoms with Gasteiger partial charge in [-0.05, 0) is 42.4 Å². The first-order valence-electron chi connectivity index (χ1n) is 5.53. The monoisotopic (exact) mass is 242 g/mol. The summed E-state index contributed by atoms with van der Waals surface area (Å²) in [6.45, 7) is 2.15. The molecule has 16 heavy (non-hydrogen) atoms. The molecule has 2 unspecified atom stereocenters. The van der Waals surface area contributed by atoms with E-state index in [-0.39, 0.29) is 16.6 Å².